The van der Waals surface area contributed by atoms with Gasteiger partial charge in [-0.1, -0.05) is 20.8 Å². The number of hydrogen-bond donors (Lipinski definition) is 1. The third-order valence-corrected chi connectivity index (χ3v) is 4.21. The summed E-state index contributed by atoms with van der Waals surface area (Å²) < 4.78 is 0. The van der Waals surface area contributed by atoms with Crippen LogP contribution in [-0.2, 0) is 9.59 Å². The SMILES string of the molecule is CN(C)C(=O)c1cc(NC(=O)C2CCCN2C(=O)CC(C)(C)C)ccn1. The van der Waals surface area contributed by atoms with E-state index in [0.717, 1.165) is 6.42 Å². The van der Waals surface area contributed by atoms with E-state index in [-0.39, 0.29) is 28.8 Å². The fourth-order valence-electron chi connectivity index (χ4n) is 2.97. The van der Waals surface area contributed by atoms with Gasteiger partial charge in [-0.3, -0.25) is 19.4 Å². The normalized spacial score (nSPS) is 17.1. The summed E-state index contributed by atoms with van der Waals surface area (Å²) in [5.74, 6) is -0.448. The topological polar surface area (TPSA) is 82.6 Å². The Hall–Kier alpha value is -2.44. The lowest BCUT2D eigenvalue weighted by atomic mass is 9.91. The molecule has 1 aliphatic rings. The van der Waals surface area contributed by atoms with Crippen LogP contribution in [0.3, 0.4) is 0 Å². The number of nitrogens with one attached hydrogen (secondary N) is 1. The van der Waals surface area contributed by atoms with Crippen molar-refractivity contribution in [2.75, 3.05) is 26.0 Å². The molecule has 1 N–H and O–H groups in total. The number of hydrogen-bond acceptors (Lipinski definition) is 4. The molecule has 0 spiro atoms. The molecule has 1 atom stereocenters. The van der Waals surface area contributed by atoms with Crippen molar-refractivity contribution in [1.82, 2.24) is 14.8 Å². The van der Waals surface area contributed by atoms with Gasteiger partial charge in [-0.25, -0.2) is 0 Å². The third-order valence-electron chi connectivity index (χ3n) is 4.21. The number of rotatable bonds is 4. The van der Waals surface area contributed by atoms with Crippen LogP contribution in [0, 0.1) is 5.41 Å². The number of amides is 3. The summed E-state index contributed by atoms with van der Waals surface area (Å²) in [5, 5.41) is 2.82. The average Bonchev–Trinajstić information content (AvgIpc) is 3.02. The fraction of sp³-hybridized carbons (Fsp3) is 0.579. The van der Waals surface area contributed by atoms with Crippen LogP contribution in [0.1, 0.15) is 50.5 Å². The van der Waals surface area contributed by atoms with Crippen LogP contribution in [0.15, 0.2) is 18.3 Å². The largest absolute Gasteiger partial charge is 0.343 e. The quantitative estimate of drug-likeness (QED) is 0.892. The van der Waals surface area contributed by atoms with E-state index in [1.807, 2.05) is 20.8 Å². The van der Waals surface area contributed by atoms with E-state index in [9.17, 15) is 14.4 Å². The van der Waals surface area contributed by atoms with Crippen LogP contribution >= 0.6 is 0 Å². The summed E-state index contributed by atoms with van der Waals surface area (Å²) in [6.07, 6.45) is 3.36. The Kier molecular flexibility index (Phi) is 6.00. The van der Waals surface area contributed by atoms with Crippen LogP contribution < -0.4 is 5.32 Å². The smallest absolute Gasteiger partial charge is 0.272 e. The van der Waals surface area contributed by atoms with E-state index >= 15 is 0 Å². The average molecular weight is 360 g/mol. The second-order valence-corrected chi connectivity index (χ2v) is 8.10. The van der Waals surface area contributed by atoms with E-state index in [1.165, 1.54) is 11.1 Å². The van der Waals surface area contributed by atoms with Gasteiger partial charge in [0.2, 0.25) is 11.8 Å². The molecule has 142 valence electrons. The van der Waals surface area contributed by atoms with Gasteiger partial charge < -0.3 is 15.1 Å². The number of aromatic nitrogens is 1. The molecule has 1 unspecified atom stereocenters. The van der Waals surface area contributed by atoms with Crippen molar-refractivity contribution in [2.45, 2.75) is 46.1 Å². The number of anilines is 1. The molecule has 1 saturated heterocycles. The van der Waals surface area contributed by atoms with Crippen molar-refractivity contribution in [3.63, 3.8) is 0 Å². The second-order valence-electron chi connectivity index (χ2n) is 8.10. The van der Waals surface area contributed by atoms with Crippen molar-refractivity contribution in [3.05, 3.63) is 24.0 Å². The standard InChI is InChI=1S/C19H28N4O3/c1-19(2,3)12-16(24)23-10-6-7-15(23)17(25)21-13-8-9-20-14(11-13)18(26)22(4)5/h8-9,11,15H,6-7,10,12H2,1-5H3,(H,20,21,25). The van der Waals surface area contributed by atoms with Gasteiger partial charge in [0.25, 0.3) is 5.91 Å². The molecule has 2 rings (SSSR count). The molecule has 7 heteroatoms. The Balaban J connectivity index is 2.08. The summed E-state index contributed by atoms with van der Waals surface area (Å²) >= 11 is 0. The summed E-state index contributed by atoms with van der Waals surface area (Å²) in [5.41, 5.74) is 0.651. The van der Waals surface area contributed by atoms with Gasteiger partial charge >= 0.3 is 0 Å². The third kappa shape index (κ3) is 5.03. The first-order valence-electron chi connectivity index (χ1n) is 8.86. The molecule has 0 aliphatic carbocycles. The zero-order valence-electron chi connectivity index (χ0n) is 16.2. The molecular weight excluding hydrogens is 332 g/mol. The Bertz CT molecular complexity index is 694. The minimum atomic E-state index is -0.467. The maximum absolute atomic E-state index is 12.7. The summed E-state index contributed by atoms with van der Waals surface area (Å²) in [4.78, 5) is 44.4. The molecule has 7 nitrogen and oxygen atoms in total. The molecule has 3 amide bonds. The lowest BCUT2D eigenvalue weighted by Gasteiger charge is -2.27. The minimum absolute atomic E-state index is 0.00773. The summed E-state index contributed by atoms with van der Waals surface area (Å²) in [6, 6.07) is 2.72. The predicted molar refractivity (Wildman–Crippen MR) is 99.7 cm³/mol. The zero-order valence-corrected chi connectivity index (χ0v) is 16.2. The van der Waals surface area contributed by atoms with Gasteiger partial charge in [-0.05, 0) is 30.4 Å². The van der Waals surface area contributed by atoms with Gasteiger partial charge in [-0.15, -0.1) is 0 Å². The van der Waals surface area contributed by atoms with Gasteiger partial charge in [0.15, 0.2) is 0 Å². The number of carbonyl (C=O) groups excluding carboxylic acids is 3. The molecule has 1 aromatic heterocycles. The lowest BCUT2D eigenvalue weighted by molar-refractivity contribution is -0.138. The molecule has 2 heterocycles. The number of pyridine rings is 1. The van der Waals surface area contributed by atoms with Crippen LogP contribution in [-0.4, -0.2) is 59.2 Å². The van der Waals surface area contributed by atoms with Crippen molar-refractivity contribution in [1.29, 1.82) is 0 Å². The molecule has 0 saturated carbocycles. The van der Waals surface area contributed by atoms with E-state index < -0.39 is 6.04 Å². The highest BCUT2D eigenvalue weighted by molar-refractivity contribution is 5.99. The van der Waals surface area contributed by atoms with E-state index in [4.69, 9.17) is 0 Å². The monoisotopic (exact) mass is 360 g/mol. The van der Waals surface area contributed by atoms with Crippen molar-refractivity contribution >= 4 is 23.4 Å². The first-order valence-corrected chi connectivity index (χ1v) is 8.86. The minimum Gasteiger partial charge on any atom is -0.343 e. The van der Waals surface area contributed by atoms with E-state index in [1.54, 1.807) is 31.1 Å². The molecule has 1 aliphatic heterocycles. The summed E-state index contributed by atoms with van der Waals surface area (Å²) in [6.45, 7) is 6.64. The number of carbonyl (C=O) groups is 3. The van der Waals surface area contributed by atoms with Gasteiger partial charge in [0.05, 0.1) is 0 Å². The molecule has 0 aromatic carbocycles. The first kappa shape index (κ1) is 19.9. The second kappa shape index (κ2) is 7.85. The number of nitrogens with zero attached hydrogens (tertiary/aromatic N) is 3. The van der Waals surface area contributed by atoms with Crippen LogP contribution in [0.5, 0.6) is 0 Å². The maximum Gasteiger partial charge on any atom is 0.272 e. The van der Waals surface area contributed by atoms with E-state index in [2.05, 4.69) is 10.3 Å². The van der Waals surface area contributed by atoms with Crippen LogP contribution in [0.25, 0.3) is 0 Å². The Labute approximate surface area is 154 Å². The molecular formula is C19H28N4O3. The van der Waals surface area contributed by atoms with Gasteiger partial charge in [0.1, 0.15) is 11.7 Å². The number of likely N-dealkylation sites (tertiary alicyclic amines) is 1. The van der Waals surface area contributed by atoms with Crippen molar-refractivity contribution < 1.29 is 14.4 Å². The highest BCUT2D eigenvalue weighted by atomic mass is 16.2. The first-order chi connectivity index (χ1) is 12.1. The van der Waals surface area contributed by atoms with Gasteiger partial charge in [-0.2, -0.15) is 0 Å². The highest BCUT2D eigenvalue weighted by Gasteiger charge is 2.35. The van der Waals surface area contributed by atoms with Crippen molar-refractivity contribution in [2.24, 2.45) is 5.41 Å². The fourth-order valence-corrected chi connectivity index (χ4v) is 2.97. The molecule has 1 fully saturated rings. The molecule has 0 bridgehead atoms. The summed E-state index contributed by atoms with van der Waals surface area (Å²) in [7, 11) is 3.29. The molecule has 0 radical (unpaired) electrons. The predicted octanol–water partition coefficient (Wildman–Crippen LogP) is 2.15. The van der Waals surface area contributed by atoms with Gasteiger partial charge in [0, 0.05) is 38.9 Å². The van der Waals surface area contributed by atoms with Crippen molar-refractivity contribution in [3.8, 4) is 0 Å². The lowest BCUT2D eigenvalue weighted by Crippen LogP contribution is -2.44. The van der Waals surface area contributed by atoms with Crippen LogP contribution in [0.2, 0.25) is 0 Å². The molecule has 1 aromatic rings. The Morgan fingerprint density at radius 1 is 1.31 bits per heavy atom. The van der Waals surface area contributed by atoms with Crippen LogP contribution in [0.4, 0.5) is 5.69 Å². The Morgan fingerprint density at radius 3 is 2.62 bits per heavy atom. The zero-order chi connectivity index (χ0) is 19.5. The molecule has 26 heavy (non-hydrogen) atoms. The maximum atomic E-state index is 12.7. The van der Waals surface area contributed by atoms with E-state index in [0.29, 0.717) is 25.1 Å². The Morgan fingerprint density at radius 2 is 2.00 bits per heavy atom. The highest BCUT2D eigenvalue weighted by Crippen LogP contribution is 2.25.